The van der Waals surface area contributed by atoms with Crippen LogP contribution >= 0.6 is 0 Å². The molecule has 146 valence electrons. The van der Waals surface area contributed by atoms with E-state index >= 15 is 0 Å². The standard InChI is InChI=1S/C19H21F3N2O2S/c20-19(21,22)16-7-4-6-15(12-16)14-27(25,26)23-13-18-10-5-11-24(18)17-8-2-1-3-9-17/h1-4,6-9,12,18,23H,5,10-11,13-14H2/t18-/m1/s1. The third kappa shape index (κ3) is 5.23. The zero-order chi connectivity index (χ0) is 19.5. The van der Waals surface area contributed by atoms with Crippen molar-refractivity contribution in [3.05, 3.63) is 65.7 Å². The van der Waals surface area contributed by atoms with Crippen LogP contribution in [-0.2, 0) is 22.0 Å². The first-order valence-electron chi connectivity index (χ1n) is 8.70. The average molecular weight is 398 g/mol. The molecule has 0 spiro atoms. The van der Waals surface area contributed by atoms with Gasteiger partial charge in [-0.2, -0.15) is 13.2 Å². The molecule has 1 heterocycles. The number of nitrogens with one attached hydrogen (secondary N) is 1. The summed E-state index contributed by atoms with van der Waals surface area (Å²) in [6.45, 7) is 1.08. The Hall–Kier alpha value is -2.06. The van der Waals surface area contributed by atoms with Crippen molar-refractivity contribution in [1.29, 1.82) is 0 Å². The van der Waals surface area contributed by atoms with Crippen molar-refractivity contribution >= 4 is 15.7 Å². The molecular formula is C19H21F3N2O2S. The highest BCUT2D eigenvalue weighted by Gasteiger charge is 2.31. The van der Waals surface area contributed by atoms with Crippen molar-refractivity contribution in [2.45, 2.75) is 30.8 Å². The zero-order valence-corrected chi connectivity index (χ0v) is 15.4. The molecule has 0 bridgehead atoms. The highest BCUT2D eigenvalue weighted by molar-refractivity contribution is 7.88. The molecule has 0 aromatic heterocycles. The van der Waals surface area contributed by atoms with E-state index in [4.69, 9.17) is 0 Å². The summed E-state index contributed by atoms with van der Waals surface area (Å²) in [4.78, 5) is 2.16. The molecule has 1 aliphatic heterocycles. The van der Waals surface area contributed by atoms with Gasteiger partial charge in [0.1, 0.15) is 0 Å². The van der Waals surface area contributed by atoms with E-state index < -0.39 is 27.5 Å². The van der Waals surface area contributed by atoms with Gasteiger partial charge in [0.05, 0.1) is 11.3 Å². The van der Waals surface area contributed by atoms with Crippen molar-refractivity contribution in [1.82, 2.24) is 4.72 Å². The van der Waals surface area contributed by atoms with Gasteiger partial charge in [-0.25, -0.2) is 13.1 Å². The predicted molar refractivity (Wildman–Crippen MR) is 98.9 cm³/mol. The summed E-state index contributed by atoms with van der Waals surface area (Å²) in [7, 11) is -3.73. The number of rotatable bonds is 6. The molecule has 4 nitrogen and oxygen atoms in total. The Morgan fingerprint density at radius 1 is 1.07 bits per heavy atom. The van der Waals surface area contributed by atoms with Crippen molar-refractivity contribution < 1.29 is 21.6 Å². The van der Waals surface area contributed by atoms with Gasteiger partial charge < -0.3 is 4.90 Å². The molecule has 3 rings (SSSR count). The van der Waals surface area contributed by atoms with Gasteiger partial charge in [0, 0.05) is 24.8 Å². The number of alkyl halides is 3. The van der Waals surface area contributed by atoms with E-state index in [9.17, 15) is 21.6 Å². The van der Waals surface area contributed by atoms with Gasteiger partial charge in [-0.1, -0.05) is 36.4 Å². The van der Waals surface area contributed by atoms with Crippen molar-refractivity contribution in [2.75, 3.05) is 18.0 Å². The smallest absolute Gasteiger partial charge is 0.367 e. The van der Waals surface area contributed by atoms with Gasteiger partial charge in [-0.15, -0.1) is 0 Å². The molecule has 0 saturated carbocycles. The fourth-order valence-corrected chi connectivity index (χ4v) is 4.51. The highest BCUT2D eigenvalue weighted by atomic mass is 32.2. The maximum Gasteiger partial charge on any atom is 0.416 e. The first kappa shape index (κ1) is 19.7. The van der Waals surface area contributed by atoms with Crippen LogP contribution in [0.25, 0.3) is 0 Å². The van der Waals surface area contributed by atoms with Gasteiger partial charge in [-0.05, 0) is 36.6 Å². The molecule has 0 aliphatic carbocycles. The molecule has 0 amide bonds. The topological polar surface area (TPSA) is 49.4 Å². The van der Waals surface area contributed by atoms with E-state index in [2.05, 4.69) is 9.62 Å². The fraction of sp³-hybridized carbons (Fsp3) is 0.368. The molecule has 1 saturated heterocycles. The second kappa shape index (κ2) is 7.90. The molecule has 1 N–H and O–H groups in total. The van der Waals surface area contributed by atoms with Crippen LogP contribution < -0.4 is 9.62 Å². The van der Waals surface area contributed by atoms with E-state index in [1.54, 1.807) is 0 Å². The Kier molecular flexibility index (Phi) is 5.76. The van der Waals surface area contributed by atoms with Gasteiger partial charge >= 0.3 is 6.18 Å². The number of anilines is 1. The van der Waals surface area contributed by atoms with E-state index in [0.29, 0.717) is 0 Å². The molecule has 27 heavy (non-hydrogen) atoms. The summed E-state index contributed by atoms with van der Waals surface area (Å²) >= 11 is 0. The first-order chi connectivity index (χ1) is 12.7. The average Bonchev–Trinajstić information content (AvgIpc) is 3.09. The molecule has 1 aliphatic rings. The summed E-state index contributed by atoms with van der Waals surface area (Å²) in [5.74, 6) is -0.477. The minimum absolute atomic E-state index is 0.0312. The van der Waals surface area contributed by atoms with Crippen LogP contribution in [-0.4, -0.2) is 27.5 Å². The Labute approximate surface area is 157 Å². The van der Waals surface area contributed by atoms with Crippen molar-refractivity contribution in [2.24, 2.45) is 0 Å². The zero-order valence-electron chi connectivity index (χ0n) is 14.6. The van der Waals surface area contributed by atoms with Gasteiger partial charge in [-0.3, -0.25) is 0 Å². The van der Waals surface area contributed by atoms with Gasteiger partial charge in [0.25, 0.3) is 0 Å². The van der Waals surface area contributed by atoms with E-state index in [-0.39, 0.29) is 18.2 Å². The lowest BCUT2D eigenvalue weighted by Gasteiger charge is -2.27. The maximum absolute atomic E-state index is 12.8. The summed E-state index contributed by atoms with van der Waals surface area (Å²) in [5, 5.41) is 0. The first-order valence-corrected chi connectivity index (χ1v) is 10.3. The quantitative estimate of drug-likeness (QED) is 0.805. The largest absolute Gasteiger partial charge is 0.416 e. The predicted octanol–water partition coefficient (Wildman–Crippen LogP) is 3.79. The summed E-state index contributed by atoms with van der Waals surface area (Å²) in [6, 6.07) is 14.2. The lowest BCUT2D eigenvalue weighted by Crippen LogP contribution is -2.40. The SMILES string of the molecule is O=S(=O)(Cc1cccc(C(F)(F)F)c1)NC[C@H]1CCCN1c1ccccc1. The fourth-order valence-electron chi connectivity index (χ4n) is 3.34. The van der Waals surface area contributed by atoms with E-state index in [1.165, 1.54) is 12.1 Å². The minimum Gasteiger partial charge on any atom is -0.367 e. The Balaban J connectivity index is 1.63. The number of sulfonamides is 1. The molecule has 2 aromatic carbocycles. The van der Waals surface area contributed by atoms with Crippen LogP contribution in [0.15, 0.2) is 54.6 Å². The number of halogens is 3. The second-order valence-corrected chi connectivity index (χ2v) is 8.44. The summed E-state index contributed by atoms with van der Waals surface area (Å²) in [6.07, 6.45) is -2.66. The van der Waals surface area contributed by atoms with Crippen LogP contribution in [0.5, 0.6) is 0 Å². The number of para-hydroxylation sites is 1. The van der Waals surface area contributed by atoms with Gasteiger partial charge in [0.2, 0.25) is 10.0 Å². The molecule has 1 atom stereocenters. The number of hydrogen-bond donors (Lipinski definition) is 1. The Morgan fingerprint density at radius 3 is 2.52 bits per heavy atom. The normalized spacial score (nSPS) is 18.0. The summed E-state index contributed by atoms with van der Waals surface area (Å²) < 4.78 is 65.6. The highest BCUT2D eigenvalue weighted by Crippen LogP contribution is 2.30. The van der Waals surface area contributed by atoms with Crippen LogP contribution in [0.3, 0.4) is 0 Å². The van der Waals surface area contributed by atoms with Crippen LogP contribution in [0, 0.1) is 0 Å². The lowest BCUT2D eigenvalue weighted by molar-refractivity contribution is -0.137. The number of hydrogen-bond acceptors (Lipinski definition) is 3. The molecule has 0 unspecified atom stereocenters. The Morgan fingerprint density at radius 2 is 1.81 bits per heavy atom. The Bertz CT molecular complexity index is 870. The molecular weight excluding hydrogens is 377 g/mol. The molecule has 0 radical (unpaired) electrons. The molecule has 8 heteroatoms. The third-order valence-corrected chi connectivity index (χ3v) is 5.93. The van der Waals surface area contributed by atoms with Crippen LogP contribution in [0.2, 0.25) is 0 Å². The second-order valence-electron chi connectivity index (χ2n) is 6.63. The van der Waals surface area contributed by atoms with E-state index in [1.807, 2.05) is 30.3 Å². The van der Waals surface area contributed by atoms with Crippen molar-refractivity contribution in [3.8, 4) is 0 Å². The lowest BCUT2D eigenvalue weighted by atomic mass is 10.1. The van der Waals surface area contributed by atoms with Crippen LogP contribution in [0.1, 0.15) is 24.0 Å². The minimum atomic E-state index is -4.49. The maximum atomic E-state index is 12.8. The number of benzene rings is 2. The summed E-state index contributed by atoms with van der Waals surface area (Å²) in [5.41, 5.74) is 0.307. The van der Waals surface area contributed by atoms with Crippen LogP contribution in [0.4, 0.5) is 18.9 Å². The van der Waals surface area contributed by atoms with Crippen molar-refractivity contribution in [3.63, 3.8) is 0 Å². The molecule has 1 fully saturated rings. The third-order valence-electron chi connectivity index (χ3n) is 4.61. The monoisotopic (exact) mass is 398 g/mol. The van der Waals surface area contributed by atoms with E-state index in [0.717, 1.165) is 37.2 Å². The molecule has 2 aromatic rings. The number of nitrogens with zero attached hydrogens (tertiary/aromatic N) is 1. The van der Waals surface area contributed by atoms with Gasteiger partial charge in [0.15, 0.2) is 0 Å².